The summed E-state index contributed by atoms with van der Waals surface area (Å²) >= 11 is 0. The molecule has 1 N–H and O–H groups in total. The first-order chi connectivity index (χ1) is 7.88. The van der Waals surface area contributed by atoms with Crippen LogP contribution in [0.2, 0.25) is 0 Å². The molecule has 0 spiro atoms. The van der Waals surface area contributed by atoms with Crippen molar-refractivity contribution >= 4 is 6.08 Å². The Hall–Kier alpha value is -1.28. The van der Waals surface area contributed by atoms with Gasteiger partial charge < -0.3 is 10.1 Å². The maximum Gasteiger partial charge on any atom is 0.119 e. The lowest BCUT2D eigenvalue weighted by atomic mass is 10.2. The van der Waals surface area contributed by atoms with Crippen LogP contribution in [0.3, 0.4) is 0 Å². The van der Waals surface area contributed by atoms with Crippen molar-refractivity contribution in [3.05, 3.63) is 35.9 Å². The standard InChI is InChI=1S/C14H19NO/c1-2-16-14-7-3-5-12(11-14)6-4-10-15-13-8-9-13/h3-7,11,13,15H,2,8-10H2,1H3. The third kappa shape index (κ3) is 3.70. The Morgan fingerprint density at radius 2 is 2.31 bits per heavy atom. The summed E-state index contributed by atoms with van der Waals surface area (Å²) in [6.07, 6.45) is 6.99. The molecule has 1 aromatic carbocycles. The van der Waals surface area contributed by atoms with Crippen LogP contribution in [-0.4, -0.2) is 19.2 Å². The number of ether oxygens (including phenoxy) is 1. The maximum atomic E-state index is 5.45. The topological polar surface area (TPSA) is 21.3 Å². The van der Waals surface area contributed by atoms with Gasteiger partial charge in [0.2, 0.25) is 0 Å². The number of rotatable bonds is 6. The highest BCUT2D eigenvalue weighted by Crippen LogP contribution is 2.18. The fourth-order valence-electron chi connectivity index (χ4n) is 1.59. The van der Waals surface area contributed by atoms with Crippen molar-refractivity contribution in [2.24, 2.45) is 0 Å². The van der Waals surface area contributed by atoms with Gasteiger partial charge in [0.25, 0.3) is 0 Å². The predicted molar refractivity (Wildman–Crippen MR) is 67.7 cm³/mol. The van der Waals surface area contributed by atoms with Crippen molar-refractivity contribution in [1.82, 2.24) is 5.32 Å². The molecule has 0 atom stereocenters. The van der Waals surface area contributed by atoms with Crippen LogP contribution in [0.5, 0.6) is 5.75 Å². The average Bonchev–Trinajstić information content (AvgIpc) is 3.09. The molecule has 2 nitrogen and oxygen atoms in total. The molecule has 0 radical (unpaired) electrons. The molecule has 86 valence electrons. The third-order valence-corrected chi connectivity index (χ3v) is 2.58. The molecule has 2 heteroatoms. The average molecular weight is 217 g/mol. The van der Waals surface area contributed by atoms with E-state index in [-0.39, 0.29) is 0 Å². The van der Waals surface area contributed by atoms with Crippen molar-refractivity contribution < 1.29 is 4.74 Å². The van der Waals surface area contributed by atoms with E-state index in [9.17, 15) is 0 Å². The van der Waals surface area contributed by atoms with Crippen molar-refractivity contribution in [3.8, 4) is 5.75 Å². The summed E-state index contributed by atoms with van der Waals surface area (Å²) in [5, 5.41) is 3.45. The van der Waals surface area contributed by atoms with Gasteiger partial charge in [-0.2, -0.15) is 0 Å². The normalized spacial score (nSPS) is 15.6. The van der Waals surface area contributed by atoms with Gasteiger partial charge in [0.1, 0.15) is 5.75 Å². The Morgan fingerprint density at radius 1 is 1.44 bits per heavy atom. The SMILES string of the molecule is CCOc1cccc(C=CCNC2CC2)c1. The molecule has 16 heavy (non-hydrogen) atoms. The quantitative estimate of drug-likeness (QED) is 0.791. The second-order valence-electron chi connectivity index (χ2n) is 4.09. The van der Waals surface area contributed by atoms with Gasteiger partial charge in [0.05, 0.1) is 6.61 Å². The summed E-state index contributed by atoms with van der Waals surface area (Å²) < 4.78 is 5.45. The van der Waals surface area contributed by atoms with Gasteiger partial charge in [-0.05, 0) is 37.5 Å². The molecule has 0 amide bonds. The van der Waals surface area contributed by atoms with Gasteiger partial charge >= 0.3 is 0 Å². The number of nitrogens with one attached hydrogen (secondary N) is 1. The zero-order valence-corrected chi connectivity index (χ0v) is 9.78. The first-order valence-electron chi connectivity index (χ1n) is 6.01. The molecule has 0 unspecified atom stereocenters. The number of hydrogen-bond acceptors (Lipinski definition) is 2. The molecule has 0 aliphatic heterocycles. The second kappa shape index (κ2) is 5.71. The highest BCUT2D eigenvalue weighted by molar-refractivity contribution is 5.51. The van der Waals surface area contributed by atoms with Crippen LogP contribution in [0.4, 0.5) is 0 Å². The number of benzene rings is 1. The smallest absolute Gasteiger partial charge is 0.119 e. The Kier molecular flexibility index (Phi) is 4.00. The first kappa shape index (κ1) is 11.2. The number of hydrogen-bond donors (Lipinski definition) is 1. The summed E-state index contributed by atoms with van der Waals surface area (Å²) in [7, 11) is 0. The highest BCUT2D eigenvalue weighted by atomic mass is 16.5. The van der Waals surface area contributed by atoms with Crippen LogP contribution in [0.15, 0.2) is 30.3 Å². The zero-order chi connectivity index (χ0) is 11.2. The minimum absolute atomic E-state index is 0.719. The van der Waals surface area contributed by atoms with E-state index < -0.39 is 0 Å². The van der Waals surface area contributed by atoms with Crippen LogP contribution < -0.4 is 10.1 Å². The predicted octanol–water partition coefficient (Wildman–Crippen LogP) is 2.85. The molecule has 1 saturated carbocycles. The van der Waals surface area contributed by atoms with Crippen LogP contribution >= 0.6 is 0 Å². The Morgan fingerprint density at radius 3 is 3.06 bits per heavy atom. The van der Waals surface area contributed by atoms with Gasteiger partial charge in [0.15, 0.2) is 0 Å². The molecule has 0 saturated heterocycles. The third-order valence-electron chi connectivity index (χ3n) is 2.58. The fraction of sp³-hybridized carbons (Fsp3) is 0.429. The first-order valence-corrected chi connectivity index (χ1v) is 6.01. The Balaban J connectivity index is 1.84. The lowest BCUT2D eigenvalue weighted by Crippen LogP contribution is -2.15. The van der Waals surface area contributed by atoms with E-state index in [0.717, 1.165) is 24.9 Å². The molecule has 0 bridgehead atoms. The molecule has 2 rings (SSSR count). The zero-order valence-electron chi connectivity index (χ0n) is 9.78. The molecule has 1 aliphatic rings. The summed E-state index contributed by atoms with van der Waals surface area (Å²) in [5.74, 6) is 0.944. The molecule has 1 aromatic rings. The Bertz CT molecular complexity index is 356. The molecular weight excluding hydrogens is 198 g/mol. The summed E-state index contributed by atoms with van der Waals surface area (Å²) in [6.45, 7) is 3.68. The molecule has 1 aliphatic carbocycles. The van der Waals surface area contributed by atoms with Gasteiger partial charge in [-0.1, -0.05) is 24.3 Å². The lowest BCUT2D eigenvalue weighted by Gasteiger charge is -2.03. The van der Waals surface area contributed by atoms with Crippen LogP contribution in [0.25, 0.3) is 6.08 Å². The minimum Gasteiger partial charge on any atom is -0.494 e. The van der Waals surface area contributed by atoms with Gasteiger partial charge in [0, 0.05) is 12.6 Å². The Labute approximate surface area is 97.3 Å². The van der Waals surface area contributed by atoms with E-state index in [0.29, 0.717) is 0 Å². The summed E-state index contributed by atoms with van der Waals surface area (Å²) in [6, 6.07) is 8.95. The summed E-state index contributed by atoms with van der Waals surface area (Å²) in [5.41, 5.74) is 1.20. The molecule has 0 aromatic heterocycles. The lowest BCUT2D eigenvalue weighted by molar-refractivity contribution is 0.340. The van der Waals surface area contributed by atoms with E-state index in [1.165, 1.54) is 18.4 Å². The van der Waals surface area contributed by atoms with Crippen molar-refractivity contribution in [1.29, 1.82) is 0 Å². The van der Waals surface area contributed by atoms with Gasteiger partial charge in [-0.3, -0.25) is 0 Å². The largest absolute Gasteiger partial charge is 0.494 e. The van der Waals surface area contributed by atoms with Crippen molar-refractivity contribution in [3.63, 3.8) is 0 Å². The maximum absolute atomic E-state index is 5.45. The van der Waals surface area contributed by atoms with Crippen molar-refractivity contribution in [2.45, 2.75) is 25.8 Å². The fourth-order valence-corrected chi connectivity index (χ4v) is 1.59. The monoisotopic (exact) mass is 217 g/mol. The van der Waals surface area contributed by atoms with E-state index in [4.69, 9.17) is 4.74 Å². The molecule has 1 fully saturated rings. The van der Waals surface area contributed by atoms with Crippen LogP contribution in [0, 0.1) is 0 Å². The van der Waals surface area contributed by atoms with Crippen LogP contribution in [-0.2, 0) is 0 Å². The van der Waals surface area contributed by atoms with E-state index >= 15 is 0 Å². The van der Waals surface area contributed by atoms with E-state index in [2.05, 4.69) is 29.6 Å². The van der Waals surface area contributed by atoms with Crippen molar-refractivity contribution in [2.75, 3.05) is 13.2 Å². The summed E-state index contributed by atoms with van der Waals surface area (Å²) in [4.78, 5) is 0. The second-order valence-corrected chi connectivity index (χ2v) is 4.09. The van der Waals surface area contributed by atoms with Gasteiger partial charge in [-0.25, -0.2) is 0 Å². The van der Waals surface area contributed by atoms with E-state index in [1.807, 2.05) is 19.1 Å². The molecular formula is C14H19NO. The molecule has 0 heterocycles. The minimum atomic E-state index is 0.719. The van der Waals surface area contributed by atoms with Gasteiger partial charge in [-0.15, -0.1) is 0 Å². The highest BCUT2D eigenvalue weighted by Gasteiger charge is 2.18. The van der Waals surface area contributed by atoms with E-state index in [1.54, 1.807) is 0 Å². The van der Waals surface area contributed by atoms with Crippen LogP contribution in [0.1, 0.15) is 25.3 Å².